The fourth-order valence-corrected chi connectivity index (χ4v) is 4.30. The van der Waals surface area contributed by atoms with Crippen LogP contribution in [0.15, 0.2) is 18.2 Å². The second kappa shape index (κ2) is 6.90. The van der Waals surface area contributed by atoms with Crippen LogP contribution < -0.4 is 0 Å². The molecule has 0 amide bonds. The van der Waals surface area contributed by atoms with Crippen LogP contribution in [0.5, 0.6) is 5.88 Å². The van der Waals surface area contributed by atoms with Crippen LogP contribution in [0.25, 0.3) is 4.96 Å². The van der Waals surface area contributed by atoms with E-state index in [1.807, 2.05) is 6.92 Å². The Kier molecular flexibility index (Phi) is 4.60. The Hall–Kier alpha value is -2.10. The Morgan fingerprint density at radius 1 is 1.27 bits per heavy atom. The minimum atomic E-state index is -0.909. The van der Waals surface area contributed by atoms with Gasteiger partial charge in [-0.3, -0.25) is 4.90 Å². The van der Waals surface area contributed by atoms with Crippen molar-refractivity contribution in [3.8, 4) is 5.88 Å². The van der Waals surface area contributed by atoms with Crippen LogP contribution in [-0.4, -0.2) is 50.9 Å². The zero-order chi connectivity index (χ0) is 18.3. The number of rotatable bonds is 4. The average molecular weight is 380 g/mol. The van der Waals surface area contributed by atoms with Gasteiger partial charge in [0.2, 0.25) is 10.8 Å². The van der Waals surface area contributed by atoms with Crippen molar-refractivity contribution < 1.29 is 18.6 Å². The van der Waals surface area contributed by atoms with Gasteiger partial charge in [0.1, 0.15) is 0 Å². The standard InChI is InChI=1S/C17H18F2N4O2S/c1-2-13-20-17-23(21-13)16(24)15(26-17)14(22-5-7-25-8-6-22)10-3-4-11(18)12(19)9-10/h3-4,9,14,24H,2,5-8H2,1H3/t14-/m0/s1. The Labute approximate surface area is 152 Å². The predicted molar refractivity (Wildman–Crippen MR) is 92.5 cm³/mol. The molecule has 9 heteroatoms. The number of nitrogens with zero attached hydrogens (tertiary/aromatic N) is 4. The monoisotopic (exact) mass is 380 g/mol. The number of aromatic hydroxyl groups is 1. The fraction of sp³-hybridized carbons (Fsp3) is 0.412. The number of morpholine rings is 1. The van der Waals surface area contributed by atoms with E-state index in [4.69, 9.17) is 4.74 Å². The molecule has 2 aromatic heterocycles. The van der Waals surface area contributed by atoms with E-state index in [9.17, 15) is 13.9 Å². The summed E-state index contributed by atoms with van der Waals surface area (Å²) in [6.07, 6.45) is 0.666. The predicted octanol–water partition coefficient (Wildman–Crippen LogP) is 2.76. The molecule has 1 saturated heterocycles. The number of benzene rings is 1. The Balaban J connectivity index is 1.83. The molecule has 0 saturated carbocycles. The highest BCUT2D eigenvalue weighted by Gasteiger charge is 2.31. The van der Waals surface area contributed by atoms with Crippen molar-refractivity contribution in [1.82, 2.24) is 19.5 Å². The van der Waals surface area contributed by atoms with Gasteiger partial charge < -0.3 is 9.84 Å². The van der Waals surface area contributed by atoms with Crippen LogP contribution in [-0.2, 0) is 11.2 Å². The molecule has 0 spiro atoms. The molecule has 1 aliphatic heterocycles. The highest BCUT2D eigenvalue weighted by atomic mass is 32.1. The minimum absolute atomic E-state index is 0.0153. The van der Waals surface area contributed by atoms with Crippen molar-refractivity contribution in [3.05, 3.63) is 46.1 Å². The maximum Gasteiger partial charge on any atom is 0.230 e. The molecule has 0 bridgehead atoms. The molecule has 1 fully saturated rings. The van der Waals surface area contributed by atoms with Gasteiger partial charge in [-0.1, -0.05) is 24.3 Å². The van der Waals surface area contributed by atoms with Gasteiger partial charge >= 0.3 is 0 Å². The van der Waals surface area contributed by atoms with Gasteiger partial charge in [-0.15, -0.1) is 5.10 Å². The number of hydrogen-bond acceptors (Lipinski definition) is 6. The third-order valence-electron chi connectivity index (χ3n) is 4.48. The number of aromatic nitrogens is 3. The van der Waals surface area contributed by atoms with E-state index in [1.165, 1.54) is 21.9 Å². The summed E-state index contributed by atoms with van der Waals surface area (Å²) in [5.41, 5.74) is 0.571. The van der Waals surface area contributed by atoms with E-state index in [-0.39, 0.29) is 5.88 Å². The highest BCUT2D eigenvalue weighted by molar-refractivity contribution is 7.17. The van der Waals surface area contributed by atoms with Crippen LogP contribution in [0.1, 0.15) is 29.2 Å². The molecule has 0 unspecified atom stereocenters. The van der Waals surface area contributed by atoms with Crippen LogP contribution in [0.4, 0.5) is 8.78 Å². The SMILES string of the molecule is CCc1nc2sc([C@H](c3ccc(F)c(F)c3)N3CCOCC3)c(O)n2n1. The van der Waals surface area contributed by atoms with Gasteiger partial charge in [-0.25, -0.2) is 13.8 Å². The van der Waals surface area contributed by atoms with Gasteiger partial charge in [0.05, 0.1) is 24.1 Å². The van der Waals surface area contributed by atoms with Gasteiger partial charge in [-0.2, -0.15) is 4.52 Å². The Morgan fingerprint density at radius 3 is 2.69 bits per heavy atom. The van der Waals surface area contributed by atoms with Crippen LogP contribution in [0.3, 0.4) is 0 Å². The fourth-order valence-electron chi connectivity index (χ4n) is 3.16. The molecule has 26 heavy (non-hydrogen) atoms. The molecule has 0 aliphatic carbocycles. The van der Waals surface area contributed by atoms with Crippen LogP contribution in [0, 0.1) is 11.6 Å². The number of aryl methyl sites for hydroxylation is 1. The van der Waals surface area contributed by atoms with Crippen molar-refractivity contribution in [3.63, 3.8) is 0 Å². The lowest BCUT2D eigenvalue weighted by molar-refractivity contribution is 0.0240. The van der Waals surface area contributed by atoms with Crippen LogP contribution in [0.2, 0.25) is 0 Å². The quantitative estimate of drug-likeness (QED) is 0.754. The maximum atomic E-state index is 13.9. The molecular formula is C17H18F2N4O2S. The van der Waals surface area contributed by atoms with E-state index in [0.717, 1.165) is 6.07 Å². The minimum Gasteiger partial charge on any atom is -0.492 e. The summed E-state index contributed by atoms with van der Waals surface area (Å²) in [6, 6.07) is 3.42. The molecule has 1 atom stereocenters. The van der Waals surface area contributed by atoms with Crippen LogP contribution >= 0.6 is 11.3 Å². The van der Waals surface area contributed by atoms with E-state index in [0.29, 0.717) is 53.9 Å². The topological polar surface area (TPSA) is 62.9 Å². The van der Waals surface area contributed by atoms with E-state index >= 15 is 0 Å². The summed E-state index contributed by atoms with van der Waals surface area (Å²) in [4.78, 5) is 7.67. The molecule has 138 valence electrons. The number of ether oxygens (including phenoxy) is 1. The zero-order valence-corrected chi connectivity index (χ0v) is 15.0. The van der Waals surface area contributed by atoms with Gasteiger partial charge in [0, 0.05) is 19.5 Å². The first-order valence-corrected chi connectivity index (χ1v) is 9.24. The molecule has 6 nitrogen and oxygen atoms in total. The van der Waals surface area contributed by atoms with Gasteiger partial charge in [-0.05, 0) is 17.7 Å². The average Bonchev–Trinajstić information content (AvgIpc) is 3.19. The number of fused-ring (bicyclic) bond motifs is 1. The number of halogens is 2. The molecule has 0 radical (unpaired) electrons. The zero-order valence-electron chi connectivity index (χ0n) is 14.2. The third kappa shape index (κ3) is 2.95. The maximum absolute atomic E-state index is 13.9. The van der Waals surface area contributed by atoms with Gasteiger partial charge in [0.15, 0.2) is 17.5 Å². The van der Waals surface area contributed by atoms with E-state index in [2.05, 4.69) is 15.0 Å². The molecular weight excluding hydrogens is 362 g/mol. The second-order valence-corrected chi connectivity index (χ2v) is 7.10. The summed E-state index contributed by atoms with van der Waals surface area (Å²) in [5.74, 6) is -1.17. The smallest absolute Gasteiger partial charge is 0.230 e. The molecule has 3 heterocycles. The highest BCUT2D eigenvalue weighted by Crippen LogP contribution is 2.40. The first-order chi connectivity index (χ1) is 12.6. The molecule has 1 aromatic carbocycles. The third-order valence-corrected chi connectivity index (χ3v) is 5.55. The Bertz CT molecular complexity index is 936. The summed E-state index contributed by atoms with van der Waals surface area (Å²) >= 11 is 1.31. The molecule has 4 rings (SSSR count). The van der Waals surface area contributed by atoms with Crippen molar-refractivity contribution >= 4 is 16.3 Å². The molecule has 3 aromatic rings. The molecule has 1 N–H and O–H groups in total. The number of hydrogen-bond donors (Lipinski definition) is 1. The summed E-state index contributed by atoms with van der Waals surface area (Å²) in [6.45, 7) is 4.27. The first kappa shape index (κ1) is 17.3. The van der Waals surface area contributed by atoms with E-state index < -0.39 is 17.7 Å². The van der Waals surface area contributed by atoms with Gasteiger partial charge in [0.25, 0.3) is 0 Å². The lowest BCUT2D eigenvalue weighted by atomic mass is 10.0. The molecule has 1 aliphatic rings. The van der Waals surface area contributed by atoms with Crippen molar-refractivity contribution in [1.29, 1.82) is 0 Å². The normalized spacial score (nSPS) is 17.0. The lowest BCUT2D eigenvalue weighted by Crippen LogP contribution is -2.39. The van der Waals surface area contributed by atoms with Crippen molar-refractivity contribution in [2.75, 3.05) is 26.3 Å². The number of thiazole rings is 1. The van der Waals surface area contributed by atoms with Crippen molar-refractivity contribution in [2.45, 2.75) is 19.4 Å². The Morgan fingerprint density at radius 2 is 2.04 bits per heavy atom. The summed E-state index contributed by atoms with van der Waals surface area (Å²) in [5, 5.41) is 15.0. The summed E-state index contributed by atoms with van der Waals surface area (Å²) in [7, 11) is 0. The van der Waals surface area contributed by atoms with Crippen molar-refractivity contribution in [2.24, 2.45) is 0 Å². The lowest BCUT2D eigenvalue weighted by Gasteiger charge is -2.34. The first-order valence-electron chi connectivity index (χ1n) is 8.42. The second-order valence-electron chi connectivity index (χ2n) is 6.09. The van der Waals surface area contributed by atoms with E-state index in [1.54, 1.807) is 6.07 Å². The summed E-state index contributed by atoms with van der Waals surface area (Å²) < 4.78 is 34.1. The largest absolute Gasteiger partial charge is 0.492 e.